The quantitative estimate of drug-likeness (QED) is 0.910. The average molecular weight is 337 g/mol. The van der Waals surface area contributed by atoms with Crippen LogP contribution in [-0.2, 0) is 6.42 Å². The highest BCUT2D eigenvalue weighted by atomic mass is 79.9. The number of nitrogens with two attached hydrogens (primary N) is 1. The summed E-state index contributed by atoms with van der Waals surface area (Å²) in [5.41, 5.74) is 9.78. The number of aromatic nitrogens is 1. The molecule has 2 N–H and O–H groups in total. The molecule has 1 aliphatic carbocycles. The summed E-state index contributed by atoms with van der Waals surface area (Å²) in [4.78, 5) is 4.80. The van der Waals surface area contributed by atoms with E-state index < -0.39 is 0 Å². The molecule has 2 aromatic rings. The van der Waals surface area contributed by atoms with Crippen LogP contribution in [0.5, 0.6) is 0 Å². The van der Waals surface area contributed by atoms with E-state index in [1.807, 2.05) is 0 Å². The SMILES string of the molecule is Cc1ccc(Br)cc1-c1csc(CC2(CN)CC2)n1. The standard InChI is InChI=1S/C15H17BrN2S/c1-10-2-3-11(16)6-12(10)13-8-19-14(18-13)7-15(9-17)4-5-15/h2-3,6,8H,4-5,7,9,17H2,1H3. The highest BCUT2D eigenvalue weighted by Gasteiger charge is 2.41. The number of hydrogen-bond donors (Lipinski definition) is 1. The monoisotopic (exact) mass is 336 g/mol. The molecule has 19 heavy (non-hydrogen) atoms. The summed E-state index contributed by atoms with van der Waals surface area (Å²) in [5, 5.41) is 3.38. The third-order valence-corrected chi connectivity index (χ3v) is 5.29. The van der Waals surface area contributed by atoms with Crippen molar-refractivity contribution in [2.45, 2.75) is 26.2 Å². The molecule has 1 fully saturated rings. The van der Waals surface area contributed by atoms with Crippen LogP contribution in [-0.4, -0.2) is 11.5 Å². The van der Waals surface area contributed by atoms with Gasteiger partial charge in [0.25, 0.3) is 0 Å². The first kappa shape index (κ1) is 13.3. The molecule has 0 amide bonds. The van der Waals surface area contributed by atoms with Gasteiger partial charge in [0.15, 0.2) is 0 Å². The Bertz CT molecular complexity index is 602. The lowest BCUT2D eigenvalue weighted by molar-refractivity contribution is 0.520. The fourth-order valence-corrected chi connectivity index (χ4v) is 3.67. The van der Waals surface area contributed by atoms with E-state index in [2.05, 4.69) is 46.4 Å². The van der Waals surface area contributed by atoms with Crippen molar-refractivity contribution in [2.24, 2.45) is 11.1 Å². The third-order valence-electron chi connectivity index (χ3n) is 3.94. The summed E-state index contributed by atoms with van der Waals surface area (Å²) < 4.78 is 1.10. The maximum Gasteiger partial charge on any atom is 0.0938 e. The van der Waals surface area contributed by atoms with Gasteiger partial charge in [0, 0.05) is 21.8 Å². The van der Waals surface area contributed by atoms with Crippen molar-refractivity contribution in [1.82, 2.24) is 4.98 Å². The van der Waals surface area contributed by atoms with Crippen LogP contribution in [0.4, 0.5) is 0 Å². The molecule has 0 atom stereocenters. The van der Waals surface area contributed by atoms with E-state index in [-0.39, 0.29) is 0 Å². The number of rotatable bonds is 4. The van der Waals surface area contributed by atoms with Crippen molar-refractivity contribution in [3.63, 3.8) is 0 Å². The van der Waals surface area contributed by atoms with Crippen LogP contribution in [0.25, 0.3) is 11.3 Å². The molecule has 1 aliphatic rings. The second-order valence-corrected chi connectivity index (χ2v) is 7.32. The van der Waals surface area contributed by atoms with Crippen molar-refractivity contribution in [2.75, 3.05) is 6.54 Å². The van der Waals surface area contributed by atoms with Crippen LogP contribution in [0.1, 0.15) is 23.4 Å². The molecule has 0 unspecified atom stereocenters. The fraction of sp³-hybridized carbons (Fsp3) is 0.400. The highest BCUT2D eigenvalue weighted by molar-refractivity contribution is 9.10. The maximum atomic E-state index is 5.85. The first-order chi connectivity index (χ1) is 9.12. The zero-order chi connectivity index (χ0) is 13.5. The Labute approximate surface area is 126 Å². The first-order valence-corrected chi connectivity index (χ1v) is 8.20. The zero-order valence-electron chi connectivity index (χ0n) is 10.9. The molecule has 2 nitrogen and oxygen atoms in total. The van der Waals surface area contributed by atoms with Gasteiger partial charge in [-0.05, 0) is 49.4 Å². The summed E-state index contributed by atoms with van der Waals surface area (Å²) in [6.45, 7) is 2.92. The Kier molecular flexibility index (Phi) is 3.50. The van der Waals surface area contributed by atoms with E-state index in [0.717, 1.165) is 23.1 Å². The number of thiazole rings is 1. The largest absolute Gasteiger partial charge is 0.330 e. The predicted octanol–water partition coefficient (Wildman–Crippen LogP) is 4.16. The van der Waals surface area contributed by atoms with Crippen molar-refractivity contribution < 1.29 is 0 Å². The van der Waals surface area contributed by atoms with Gasteiger partial charge >= 0.3 is 0 Å². The molecule has 1 heterocycles. The number of benzene rings is 1. The van der Waals surface area contributed by atoms with Crippen LogP contribution in [0.2, 0.25) is 0 Å². The molecule has 4 heteroatoms. The predicted molar refractivity (Wildman–Crippen MR) is 84.4 cm³/mol. The molecule has 0 radical (unpaired) electrons. The lowest BCUT2D eigenvalue weighted by atomic mass is 10.0. The molecular formula is C15H17BrN2S. The zero-order valence-corrected chi connectivity index (χ0v) is 13.4. The first-order valence-electron chi connectivity index (χ1n) is 6.53. The lowest BCUT2D eigenvalue weighted by Gasteiger charge is -2.08. The average Bonchev–Trinajstić information content (AvgIpc) is 3.02. The van der Waals surface area contributed by atoms with Gasteiger partial charge in [-0.25, -0.2) is 4.98 Å². The minimum atomic E-state index is 0.363. The van der Waals surface area contributed by atoms with Gasteiger partial charge in [-0.1, -0.05) is 22.0 Å². The van der Waals surface area contributed by atoms with Crippen molar-refractivity contribution in [3.05, 3.63) is 38.6 Å². The molecule has 0 saturated heterocycles. The summed E-state index contributed by atoms with van der Waals surface area (Å²) in [7, 11) is 0. The Morgan fingerprint density at radius 2 is 2.21 bits per heavy atom. The van der Waals surface area contributed by atoms with E-state index in [1.165, 1.54) is 29.0 Å². The Morgan fingerprint density at radius 3 is 2.89 bits per heavy atom. The summed E-state index contributed by atoms with van der Waals surface area (Å²) >= 11 is 5.29. The smallest absolute Gasteiger partial charge is 0.0938 e. The van der Waals surface area contributed by atoms with Crippen LogP contribution in [0, 0.1) is 12.3 Å². The van der Waals surface area contributed by atoms with Gasteiger partial charge in [0.2, 0.25) is 0 Å². The van der Waals surface area contributed by atoms with E-state index in [0.29, 0.717) is 5.41 Å². The number of halogens is 1. The van der Waals surface area contributed by atoms with Crippen molar-refractivity contribution >= 4 is 27.3 Å². The second-order valence-electron chi connectivity index (χ2n) is 5.47. The molecule has 0 aliphatic heterocycles. The molecule has 0 spiro atoms. The summed E-state index contributed by atoms with van der Waals surface area (Å²) in [5.74, 6) is 0. The summed E-state index contributed by atoms with van der Waals surface area (Å²) in [6.07, 6.45) is 3.56. The Hall–Kier alpha value is -0.710. The highest BCUT2D eigenvalue weighted by Crippen LogP contribution is 2.47. The topological polar surface area (TPSA) is 38.9 Å². The number of nitrogens with zero attached hydrogens (tertiary/aromatic N) is 1. The van der Waals surface area contributed by atoms with Crippen LogP contribution < -0.4 is 5.73 Å². The van der Waals surface area contributed by atoms with E-state index >= 15 is 0 Å². The minimum absolute atomic E-state index is 0.363. The van der Waals surface area contributed by atoms with Gasteiger partial charge < -0.3 is 5.73 Å². The van der Waals surface area contributed by atoms with Crippen LogP contribution >= 0.6 is 27.3 Å². The molecule has 1 aromatic heterocycles. The van der Waals surface area contributed by atoms with Gasteiger partial charge in [-0.2, -0.15) is 0 Å². The number of aryl methyl sites for hydroxylation is 1. The minimum Gasteiger partial charge on any atom is -0.330 e. The number of hydrogen-bond acceptors (Lipinski definition) is 3. The van der Waals surface area contributed by atoms with Gasteiger partial charge in [-0.15, -0.1) is 11.3 Å². The second kappa shape index (κ2) is 5.00. The van der Waals surface area contributed by atoms with Crippen molar-refractivity contribution in [1.29, 1.82) is 0 Å². The normalized spacial score (nSPS) is 16.6. The maximum absolute atomic E-state index is 5.85. The Morgan fingerprint density at radius 1 is 1.42 bits per heavy atom. The van der Waals surface area contributed by atoms with Crippen molar-refractivity contribution in [3.8, 4) is 11.3 Å². The third kappa shape index (κ3) is 2.76. The van der Waals surface area contributed by atoms with Gasteiger partial charge in [-0.3, -0.25) is 0 Å². The van der Waals surface area contributed by atoms with Gasteiger partial charge in [0.1, 0.15) is 0 Å². The molecular weight excluding hydrogens is 320 g/mol. The van der Waals surface area contributed by atoms with Crippen LogP contribution in [0.3, 0.4) is 0 Å². The lowest BCUT2D eigenvalue weighted by Crippen LogP contribution is -2.17. The van der Waals surface area contributed by atoms with Gasteiger partial charge in [0.05, 0.1) is 10.7 Å². The molecule has 1 saturated carbocycles. The molecule has 1 aromatic carbocycles. The van der Waals surface area contributed by atoms with Crippen LogP contribution in [0.15, 0.2) is 28.1 Å². The molecule has 0 bridgehead atoms. The molecule has 100 valence electrons. The van der Waals surface area contributed by atoms with E-state index in [1.54, 1.807) is 11.3 Å². The van der Waals surface area contributed by atoms with E-state index in [4.69, 9.17) is 10.7 Å². The van der Waals surface area contributed by atoms with E-state index in [9.17, 15) is 0 Å². The Balaban J connectivity index is 1.86. The molecule has 3 rings (SSSR count). The fourth-order valence-electron chi connectivity index (χ4n) is 2.34. The summed E-state index contributed by atoms with van der Waals surface area (Å²) in [6, 6.07) is 6.34.